The number of hydrogen-bond acceptors (Lipinski definition) is 2. The number of ketones is 1. The van der Waals surface area contributed by atoms with Crippen molar-refractivity contribution < 1.29 is 4.79 Å². The predicted molar refractivity (Wildman–Crippen MR) is 88.1 cm³/mol. The summed E-state index contributed by atoms with van der Waals surface area (Å²) in [6, 6.07) is 2.71. The van der Waals surface area contributed by atoms with Crippen molar-refractivity contribution in [3.63, 3.8) is 0 Å². The minimum absolute atomic E-state index is 0.281. The highest BCUT2D eigenvalue weighted by atomic mass is 16.1. The standard InChI is InChI=1S/C21H27NO/c1-11-7-12-8-13(23)3-4-14(12)15-5-6-21(2)18(10-22)16-9-17(16)20(21)19(11)15/h8,11,14-20H,3-7,9H2,1-2H3/t11-,14-,15+,16-,17+,18-,19+,20?,21+/m0/s1. The van der Waals surface area contributed by atoms with E-state index in [1.807, 2.05) is 6.08 Å². The van der Waals surface area contributed by atoms with Crippen molar-refractivity contribution in [3.05, 3.63) is 11.6 Å². The molecule has 5 aliphatic carbocycles. The number of carbonyl (C=O) groups is 1. The van der Waals surface area contributed by atoms with Crippen LogP contribution < -0.4 is 0 Å². The van der Waals surface area contributed by atoms with Crippen LogP contribution in [0.2, 0.25) is 0 Å². The molecular formula is C21H27NO. The van der Waals surface area contributed by atoms with Gasteiger partial charge in [0.15, 0.2) is 5.78 Å². The second-order valence-electron chi connectivity index (χ2n) is 9.49. The maximum absolute atomic E-state index is 11.8. The Labute approximate surface area is 139 Å². The van der Waals surface area contributed by atoms with Crippen LogP contribution in [0.15, 0.2) is 11.6 Å². The topological polar surface area (TPSA) is 40.9 Å². The van der Waals surface area contributed by atoms with Gasteiger partial charge >= 0.3 is 0 Å². The van der Waals surface area contributed by atoms with Crippen LogP contribution in [-0.2, 0) is 4.79 Å². The van der Waals surface area contributed by atoms with Crippen molar-refractivity contribution in [2.75, 3.05) is 0 Å². The second kappa shape index (κ2) is 4.50. The highest BCUT2D eigenvalue weighted by molar-refractivity contribution is 5.91. The van der Waals surface area contributed by atoms with Gasteiger partial charge in [0.1, 0.15) is 0 Å². The molecule has 5 rings (SSSR count). The molecule has 0 heterocycles. The zero-order valence-corrected chi connectivity index (χ0v) is 14.3. The predicted octanol–water partition coefficient (Wildman–Crippen LogP) is 4.37. The number of allylic oxidation sites excluding steroid dienone is 1. The number of fused-ring (bicyclic) bond motifs is 7. The molecule has 122 valence electrons. The van der Waals surface area contributed by atoms with Gasteiger partial charge < -0.3 is 0 Å². The smallest absolute Gasteiger partial charge is 0.155 e. The van der Waals surface area contributed by atoms with Gasteiger partial charge in [0.2, 0.25) is 0 Å². The van der Waals surface area contributed by atoms with Crippen LogP contribution in [0.5, 0.6) is 0 Å². The Morgan fingerprint density at radius 3 is 2.87 bits per heavy atom. The Morgan fingerprint density at radius 2 is 2.09 bits per heavy atom. The molecule has 0 aliphatic heterocycles. The summed E-state index contributed by atoms with van der Waals surface area (Å²) < 4.78 is 0. The van der Waals surface area contributed by atoms with E-state index in [9.17, 15) is 10.1 Å². The Kier molecular flexibility index (Phi) is 2.79. The van der Waals surface area contributed by atoms with E-state index in [-0.39, 0.29) is 5.41 Å². The molecule has 0 N–H and O–H groups in total. The highest BCUT2D eigenvalue weighted by Gasteiger charge is 2.70. The molecule has 0 aromatic rings. The summed E-state index contributed by atoms with van der Waals surface area (Å²) >= 11 is 0. The van der Waals surface area contributed by atoms with E-state index in [1.54, 1.807) is 0 Å². The molecule has 23 heavy (non-hydrogen) atoms. The average Bonchev–Trinajstić information content (AvgIpc) is 3.22. The molecule has 0 spiro atoms. The van der Waals surface area contributed by atoms with Gasteiger partial charge in [-0.25, -0.2) is 0 Å². The van der Waals surface area contributed by atoms with E-state index < -0.39 is 0 Å². The van der Waals surface area contributed by atoms with Crippen molar-refractivity contribution >= 4 is 5.78 Å². The Hall–Kier alpha value is -1.10. The molecule has 0 saturated heterocycles. The van der Waals surface area contributed by atoms with Crippen molar-refractivity contribution in [3.8, 4) is 6.07 Å². The third kappa shape index (κ3) is 1.72. The quantitative estimate of drug-likeness (QED) is 0.666. The van der Waals surface area contributed by atoms with Crippen molar-refractivity contribution in [2.45, 2.75) is 52.4 Å². The first-order valence-corrected chi connectivity index (χ1v) is 9.67. The lowest BCUT2D eigenvalue weighted by Gasteiger charge is -2.56. The first-order chi connectivity index (χ1) is 11.0. The summed E-state index contributed by atoms with van der Waals surface area (Å²) in [5.41, 5.74) is 1.75. The molecule has 0 aromatic heterocycles. The number of nitrogens with zero attached hydrogens (tertiary/aromatic N) is 1. The van der Waals surface area contributed by atoms with Gasteiger partial charge in [-0.05, 0) is 85.0 Å². The van der Waals surface area contributed by atoms with Gasteiger partial charge in [-0.15, -0.1) is 0 Å². The van der Waals surface area contributed by atoms with E-state index in [1.165, 1.54) is 24.8 Å². The molecular weight excluding hydrogens is 282 g/mol. The lowest BCUT2D eigenvalue weighted by molar-refractivity contribution is -0.116. The zero-order valence-electron chi connectivity index (χ0n) is 14.3. The molecule has 4 fully saturated rings. The summed E-state index contributed by atoms with van der Waals surface area (Å²) in [5.74, 6) is 5.97. The molecule has 4 saturated carbocycles. The summed E-state index contributed by atoms with van der Waals surface area (Å²) in [6.07, 6.45) is 8.85. The lowest BCUT2D eigenvalue weighted by atomic mass is 9.48. The lowest BCUT2D eigenvalue weighted by Crippen LogP contribution is -2.50. The van der Waals surface area contributed by atoms with E-state index in [0.717, 1.165) is 42.9 Å². The van der Waals surface area contributed by atoms with Gasteiger partial charge in [-0.1, -0.05) is 19.4 Å². The van der Waals surface area contributed by atoms with Crippen LogP contribution in [-0.4, -0.2) is 5.78 Å². The van der Waals surface area contributed by atoms with Crippen LogP contribution in [0, 0.1) is 64.1 Å². The minimum Gasteiger partial charge on any atom is -0.295 e. The average molecular weight is 309 g/mol. The van der Waals surface area contributed by atoms with E-state index in [2.05, 4.69) is 19.9 Å². The highest BCUT2D eigenvalue weighted by Crippen LogP contribution is 2.74. The summed E-state index contributed by atoms with van der Waals surface area (Å²) in [7, 11) is 0. The summed E-state index contributed by atoms with van der Waals surface area (Å²) in [5, 5.41) is 9.75. The second-order valence-corrected chi connectivity index (χ2v) is 9.49. The van der Waals surface area contributed by atoms with E-state index in [0.29, 0.717) is 29.5 Å². The molecule has 0 bridgehead atoms. The van der Waals surface area contributed by atoms with Gasteiger partial charge in [-0.3, -0.25) is 4.79 Å². The van der Waals surface area contributed by atoms with Gasteiger partial charge in [0, 0.05) is 6.42 Å². The molecule has 2 nitrogen and oxygen atoms in total. The maximum atomic E-state index is 11.8. The summed E-state index contributed by atoms with van der Waals surface area (Å²) in [6.45, 7) is 4.87. The first-order valence-electron chi connectivity index (χ1n) is 9.67. The fourth-order valence-electron chi connectivity index (χ4n) is 7.77. The zero-order chi connectivity index (χ0) is 15.9. The monoisotopic (exact) mass is 309 g/mol. The van der Waals surface area contributed by atoms with Crippen LogP contribution >= 0.6 is 0 Å². The van der Waals surface area contributed by atoms with E-state index >= 15 is 0 Å². The number of rotatable bonds is 0. The Balaban J connectivity index is 1.53. The van der Waals surface area contributed by atoms with Gasteiger partial charge in [0.25, 0.3) is 0 Å². The molecule has 5 aliphatic rings. The third-order valence-electron chi connectivity index (χ3n) is 8.57. The molecule has 0 aromatic carbocycles. The van der Waals surface area contributed by atoms with Crippen LogP contribution in [0.25, 0.3) is 0 Å². The number of hydrogen-bond donors (Lipinski definition) is 0. The van der Waals surface area contributed by atoms with Crippen LogP contribution in [0.3, 0.4) is 0 Å². The van der Waals surface area contributed by atoms with E-state index in [4.69, 9.17) is 0 Å². The van der Waals surface area contributed by atoms with Crippen LogP contribution in [0.4, 0.5) is 0 Å². The largest absolute Gasteiger partial charge is 0.295 e. The van der Waals surface area contributed by atoms with Crippen molar-refractivity contribution in [2.24, 2.45) is 52.8 Å². The maximum Gasteiger partial charge on any atom is 0.155 e. The SMILES string of the molecule is C[C@H]1CC2=CC(=O)CC[C@@H]2[C@H]2CC[C@@]3(C)C([C@@H]21)[C@@H]1C[C@@H]1[C@@H]3C#N. The van der Waals surface area contributed by atoms with Crippen molar-refractivity contribution in [1.29, 1.82) is 5.26 Å². The molecule has 0 radical (unpaired) electrons. The normalized spacial score (nSPS) is 56.6. The number of carbonyl (C=O) groups excluding carboxylic acids is 1. The number of nitriles is 1. The fraction of sp³-hybridized carbons (Fsp3) is 0.810. The third-order valence-corrected chi connectivity index (χ3v) is 8.57. The molecule has 0 amide bonds. The van der Waals surface area contributed by atoms with Crippen molar-refractivity contribution in [1.82, 2.24) is 0 Å². The fourth-order valence-corrected chi connectivity index (χ4v) is 7.77. The van der Waals surface area contributed by atoms with Crippen LogP contribution in [0.1, 0.15) is 52.4 Å². The molecule has 1 unspecified atom stereocenters. The Morgan fingerprint density at radius 1 is 1.26 bits per heavy atom. The summed E-state index contributed by atoms with van der Waals surface area (Å²) in [4.78, 5) is 11.8. The van der Waals surface area contributed by atoms with Gasteiger partial charge in [-0.2, -0.15) is 5.26 Å². The van der Waals surface area contributed by atoms with Gasteiger partial charge in [0.05, 0.1) is 12.0 Å². The Bertz CT molecular complexity index is 643. The molecule has 9 atom stereocenters. The molecule has 2 heteroatoms. The first kappa shape index (κ1) is 14.3. The minimum atomic E-state index is 0.281.